The smallest absolute Gasteiger partial charge is 0.325 e. The summed E-state index contributed by atoms with van der Waals surface area (Å²) in [6, 6.07) is 6.03. The van der Waals surface area contributed by atoms with Crippen molar-refractivity contribution >= 4 is 17.5 Å². The highest BCUT2D eigenvalue weighted by atomic mass is 19.1. The number of anilines is 1. The van der Waals surface area contributed by atoms with Crippen LogP contribution in [0.1, 0.15) is 25.3 Å². The van der Waals surface area contributed by atoms with Crippen molar-refractivity contribution < 1.29 is 23.1 Å². The van der Waals surface area contributed by atoms with Crippen molar-refractivity contribution in [1.82, 2.24) is 9.88 Å². The average molecular weight is 403 g/mol. The molecule has 1 aliphatic rings. The van der Waals surface area contributed by atoms with E-state index >= 15 is 0 Å². The average Bonchev–Trinajstić information content (AvgIpc) is 2.97. The number of hydrogen-bond donors (Lipinski definition) is 0. The van der Waals surface area contributed by atoms with Crippen LogP contribution >= 0.6 is 0 Å². The van der Waals surface area contributed by atoms with Crippen LogP contribution in [0.15, 0.2) is 36.5 Å². The number of ether oxygens (including phenoxy) is 1. The van der Waals surface area contributed by atoms with E-state index in [1.165, 1.54) is 12.0 Å². The van der Waals surface area contributed by atoms with Gasteiger partial charge < -0.3 is 9.64 Å². The second-order valence-corrected chi connectivity index (χ2v) is 7.02. The third-order valence-corrected chi connectivity index (χ3v) is 4.84. The summed E-state index contributed by atoms with van der Waals surface area (Å²) >= 11 is 0. The highest BCUT2D eigenvalue weighted by molar-refractivity contribution is 5.97. The van der Waals surface area contributed by atoms with Gasteiger partial charge in [-0.2, -0.15) is 0 Å². The number of ketones is 1. The molecule has 154 valence electrons. The summed E-state index contributed by atoms with van der Waals surface area (Å²) in [7, 11) is 1.51. The zero-order chi connectivity index (χ0) is 21.0. The lowest BCUT2D eigenvalue weighted by molar-refractivity contribution is -0.119. The van der Waals surface area contributed by atoms with Crippen molar-refractivity contribution in [3.8, 4) is 5.88 Å². The third kappa shape index (κ3) is 4.88. The van der Waals surface area contributed by atoms with Gasteiger partial charge in [0.15, 0.2) is 5.78 Å². The lowest BCUT2D eigenvalue weighted by Gasteiger charge is -2.22. The molecule has 29 heavy (non-hydrogen) atoms. The first kappa shape index (κ1) is 20.7. The minimum atomic E-state index is -0.730. The second-order valence-electron chi connectivity index (χ2n) is 7.02. The van der Waals surface area contributed by atoms with Crippen molar-refractivity contribution in [2.45, 2.75) is 32.2 Å². The number of benzene rings is 1. The predicted octanol–water partition coefficient (Wildman–Crippen LogP) is 3.59. The van der Waals surface area contributed by atoms with Gasteiger partial charge in [0.2, 0.25) is 5.88 Å². The van der Waals surface area contributed by atoms with Crippen molar-refractivity contribution in [2.24, 2.45) is 0 Å². The molecule has 0 saturated carbocycles. The Labute approximate surface area is 168 Å². The molecule has 0 aliphatic carbocycles. The van der Waals surface area contributed by atoms with E-state index in [1.807, 2.05) is 6.92 Å². The minimum absolute atomic E-state index is 0.109. The fourth-order valence-electron chi connectivity index (χ4n) is 3.53. The highest BCUT2D eigenvalue weighted by Gasteiger charge is 2.38. The van der Waals surface area contributed by atoms with E-state index in [4.69, 9.17) is 4.74 Å². The van der Waals surface area contributed by atoms with E-state index in [9.17, 15) is 18.4 Å². The fraction of sp³-hybridized carbons (Fsp3) is 0.381. The van der Waals surface area contributed by atoms with Crippen LogP contribution in [0.4, 0.5) is 19.3 Å². The van der Waals surface area contributed by atoms with Crippen LogP contribution in [0, 0.1) is 11.6 Å². The van der Waals surface area contributed by atoms with E-state index in [1.54, 1.807) is 23.2 Å². The Hall–Kier alpha value is -3.03. The molecule has 1 aromatic heterocycles. The molecule has 1 aromatic carbocycles. The quantitative estimate of drug-likeness (QED) is 0.676. The third-order valence-electron chi connectivity index (χ3n) is 4.84. The van der Waals surface area contributed by atoms with E-state index < -0.39 is 11.6 Å². The largest absolute Gasteiger partial charge is 0.481 e. The number of methoxy groups -OCH3 is 1. The maximum absolute atomic E-state index is 13.4. The number of urea groups is 1. The normalized spacial score (nSPS) is 16.4. The molecule has 8 heteroatoms. The monoisotopic (exact) mass is 403 g/mol. The Balaban J connectivity index is 1.73. The first-order valence-corrected chi connectivity index (χ1v) is 9.46. The maximum Gasteiger partial charge on any atom is 0.325 e. The molecule has 1 unspecified atom stereocenters. The van der Waals surface area contributed by atoms with Crippen LogP contribution in [0.3, 0.4) is 0 Å². The number of rotatable bonds is 8. The molecule has 0 radical (unpaired) electrons. The molecule has 2 amide bonds. The van der Waals surface area contributed by atoms with Gasteiger partial charge in [-0.15, -0.1) is 0 Å². The Kier molecular flexibility index (Phi) is 6.41. The molecule has 3 rings (SSSR count). The number of nitrogens with zero attached hydrogens (tertiary/aromatic N) is 3. The molecule has 1 atom stereocenters. The molecule has 0 spiro atoms. The van der Waals surface area contributed by atoms with E-state index in [0.29, 0.717) is 18.1 Å². The number of pyridine rings is 1. The molecule has 2 heterocycles. The highest BCUT2D eigenvalue weighted by Crippen LogP contribution is 2.26. The van der Waals surface area contributed by atoms with Crippen LogP contribution < -0.4 is 9.64 Å². The fourth-order valence-corrected chi connectivity index (χ4v) is 3.53. The van der Waals surface area contributed by atoms with Crippen LogP contribution in [-0.4, -0.2) is 47.9 Å². The molecule has 1 aliphatic heterocycles. The molecule has 2 aromatic rings. The van der Waals surface area contributed by atoms with Gasteiger partial charge in [0.25, 0.3) is 0 Å². The molecular formula is C21H23F2N3O3. The summed E-state index contributed by atoms with van der Waals surface area (Å²) in [5, 5.41) is 0. The van der Waals surface area contributed by atoms with Gasteiger partial charge in [-0.05, 0) is 30.2 Å². The summed E-state index contributed by atoms with van der Waals surface area (Å²) in [4.78, 5) is 32.7. The first-order valence-electron chi connectivity index (χ1n) is 9.46. The summed E-state index contributed by atoms with van der Waals surface area (Å²) in [6.45, 7) is 2.35. The Morgan fingerprint density at radius 1 is 1.24 bits per heavy atom. The number of amides is 2. The molecule has 0 bridgehead atoms. The molecule has 0 N–H and O–H groups in total. The van der Waals surface area contributed by atoms with Crippen molar-refractivity contribution in [2.75, 3.05) is 25.1 Å². The van der Waals surface area contributed by atoms with Crippen molar-refractivity contribution in [1.29, 1.82) is 0 Å². The van der Waals surface area contributed by atoms with Crippen LogP contribution in [0.2, 0.25) is 0 Å². The van der Waals surface area contributed by atoms with E-state index in [2.05, 4.69) is 4.98 Å². The standard InChI is InChI=1S/C21H23F2N3O3/c1-3-4-18-12-25(17-5-6-20(29-2)24-11-17)21(28)26(18)13-19(27)9-14-7-15(22)10-16(23)8-14/h5-8,10-11,18H,3-4,9,12-13H2,1-2H3. The van der Waals surface area contributed by atoms with Gasteiger partial charge in [0.1, 0.15) is 11.6 Å². The van der Waals surface area contributed by atoms with E-state index in [-0.39, 0.29) is 36.4 Å². The molecule has 1 fully saturated rings. The van der Waals surface area contributed by atoms with E-state index in [0.717, 1.165) is 31.0 Å². The van der Waals surface area contributed by atoms with Gasteiger partial charge in [0.05, 0.1) is 31.6 Å². The van der Waals surface area contributed by atoms with Crippen LogP contribution in [0.25, 0.3) is 0 Å². The summed E-state index contributed by atoms with van der Waals surface area (Å²) in [5.41, 5.74) is 0.876. The van der Waals surface area contributed by atoms with Crippen molar-refractivity contribution in [3.63, 3.8) is 0 Å². The SMILES string of the molecule is CCCC1CN(c2ccc(OC)nc2)C(=O)N1CC(=O)Cc1cc(F)cc(F)c1. The first-order chi connectivity index (χ1) is 13.9. The predicted molar refractivity (Wildman–Crippen MR) is 104 cm³/mol. The summed E-state index contributed by atoms with van der Waals surface area (Å²) < 4.78 is 31.8. The maximum atomic E-state index is 13.4. The zero-order valence-electron chi connectivity index (χ0n) is 16.4. The topological polar surface area (TPSA) is 62.7 Å². The van der Waals surface area contributed by atoms with Crippen LogP contribution in [-0.2, 0) is 11.2 Å². The van der Waals surface area contributed by atoms with Crippen LogP contribution in [0.5, 0.6) is 5.88 Å². The summed E-state index contributed by atoms with van der Waals surface area (Å²) in [6.07, 6.45) is 3.02. The van der Waals surface area contributed by atoms with Gasteiger partial charge in [0, 0.05) is 25.1 Å². The minimum Gasteiger partial charge on any atom is -0.481 e. The lowest BCUT2D eigenvalue weighted by Crippen LogP contribution is -2.39. The van der Waals surface area contributed by atoms with Gasteiger partial charge >= 0.3 is 6.03 Å². The molecular weight excluding hydrogens is 380 g/mol. The number of halogens is 2. The summed E-state index contributed by atoms with van der Waals surface area (Å²) in [5.74, 6) is -1.29. The number of aromatic nitrogens is 1. The Morgan fingerprint density at radius 2 is 1.97 bits per heavy atom. The number of carbonyl (C=O) groups is 2. The number of carbonyl (C=O) groups excluding carboxylic acids is 2. The van der Waals surface area contributed by atoms with Gasteiger partial charge in [-0.1, -0.05) is 13.3 Å². The molecule has 1 saturated heterocycles. The Morgan fingerprint density at radius 3 is 2.55 bits per heavy atom. The zero-order valence-corrected chi connectivity index (χ0v) is 16.4. The van der Waals surface area contributed by atoms with Gasteiger partial charge in [-0.25, -0.2) is 18.6 Å². The lowest BCUT2D eigenvalue weighted by atomic mass is 10.1. The second kappa shape index (κ2) is 8.98. The molecule has 6 nitrogen and oxygen atoms in total. The Bertz CT molecular complexity index is 869. The number of Topliss-reactive ketones (excluding diaryl/α,β-unsaturated/α-hetero) is 1. The van der Waals surface area contributed by atoms with Gasteiger partial charge in [-0.3, -0.25) is 9.69 Å². The van der Waals surface area contributed by atoms with Crippen molar-refractivity contribution in [3.05, 3.63) is 53.7 Å². The number of hydrogen-bond acceptors (Lipinski definition) is 4.